The molecule has 94 valence electrons. The molecular formula is C14H21NOS. The van der Waals surface area contributed by atoms with E-state index in [0.29, 0.717) is 11.2 Å². The van der Waals surface area contributed by atoms with E-state index in [9.17, 15) is 4.21 Å². The van der Waals surface area contributed by atoms with Crippen LogP contribution in [0.15, 0.2) is 24.3 Å². The molecule has 1 aliphatic carbocycles. The molecule has 0 aliphatic heterocycles. The lowest BCUT2D eigenvalue weighted by Gasteiger charge is -2.13. The Morgan fingerprint density at radius 3 is 2.76 bits per heavy atom. The quantitative estimate of drug-likeness (QED) is 0.843. The molecule has 3 heteroatoms. The molecular weight excluding hydrogens is 230 g/mol. The molecule has 1 aliphatic rings. The SMILES string of the molecule is Cc1cccc(CS(=O)CC2(CCN)CC2)c1. The van der Waals surface area contributed by atoms with Crippen LogP contribution in [0.5, 0.6) is 0 Å². The van der Waals surface area contributed by atoms with Gasteiger partial charge in [-0.05, 0) is 43.7 Å². The monoisotopic (exact) mass is 251 g/mol. The molecule has 0 aromatic heterocycles. The Bertz CT molecular complexity index is 412. The topological polar surface area (TPSA) is 43.1 Å². The third-order valence-corrected chi connectivity index (χ3v) is 5.10. The number of benzene rings is 1. The molecule has 1 fully saturated rings. The molecule has 0 saturated heterocycles. The Balaban J connectivity index is 1.89. The van der Waals surface area contributed by atoms with Gasteiger partial charge in [-0.1, -0.05) is 29.8 Å². The van der Waals surface area contributed by atoms with Crippen LogP contribution < -0.4 is 5.73 Å². The maximum atomic E-state index is 12.1. The second-order valence-corrected chi connectivity index (χ2v) is 6.71. The third kappa shape index (κ3) is 3.65. The number of hydrogen-bond acceptors (Lipinski definition) is 2. The van der Waals surface area contributed by atoms with Crippen molar-refractivity contribution in [2.45, 2.75) is 31.9 Å². The molecule has 1 saturated carbocycles. The number of rotatable bonds is 6. The summed E-state index contributed by atoms with van der Waals surface area (Å²) in [5.74, 6) is 1.52. The summed E-state index contributed by atoms with van der Waals surface area (Å²) in [7, 11) is -0.743. The van der Waals surface area contributed by atoms with Crippen LogP contribution in [0.2, 0.25) is 0 Å². The number of aryl methyl sites for hydroxylation is 1. The number of nitrogens with two attached hydrogens (primary N) is 1. The summed E-state index contributed by atoms with van der Waals surface area (Å²) in [4.78, 5) is 0. The van der Waals surface area contributed by atoms with Gasteiger partial charge in [0.25, 0.3) is 0 Å². The molecule has 0 heterocycles. The van der Waals surface area contributed by atoms with Crippen molar-refractivity contribution in [2.24, 2.45) is 11.1 Å². The maximum Gasteiger partial charge on any atom is 0.0485 e. The van der Waals surface area contributed by atoms with Crippen LogP contribution in [0, 0.1) is 12.3 Å². The molecule has 1 unspecified atom stereocenters. The minimum atomic E-state index is -0.743. The molecule has 2 nitrogen and oxygen atoms in total. The average Bonchev–Trinajstić information content (AvgIpc) is 2.97. The maximum absolute atomic E-state index is 12.1. The second-order valence-electron chi connectivity index (χ2n) is 5.26. The summed E-state index contributed by atoms with van der Waals surface area (Å²) in [6, 6.07) is 8.30. The zero-order chi connectivity index (χ0) is 12.3. The van der Waals surface area contributed by atoms with Crippen LogP contribution in [-0.4, -0.2) is 16.5 Å². The predicted octanol–water partition coefficient (Wildman–Crippen LogP) is 2.37. The van der Waals surface area contributed by atoms with Gasteiger partial charge in [0.2, 0.25) is 0 Å². The van der Waals surface area contributed by atoms with Crippen molar-refractivity contribution >= 4 is 10.8 Å². The lowest BCUT2D eigenvalue weighted by atomic mass is 10.1. The molecule has 2 rings (SSSR count). The fourth-order valence-electron chi connectivity index (χ4n) is 2.33. The van der Waals surface area contributed by atoms with Gasteiger partial charge in [0.15, 0.2) is 0 Å². The zero-order valence-corrected chi connectivity index (χ0v) is 11.3. The van der Waals surface area contributed by atoms with Crippen LogP contribution in [0.4, 0.5) is 0 Å². The van der Waals surface area contributed by atoms with E-state index in [2.05, 4.69) is 25.1 Å². The normalized spacial score (nSPS) is 18.9. The van der Waals surface area contributed by atoms with Crippen LogP contribution in [-0.2, 0) is 16.6 Å². The van der Waals surface area contributed by atoms with Gasteiger partial charge in [0.1, 0.15) is 0 Å². The highest BCUT2D eigenvalue weighted by Crippen LogP contribution is 2.49. The molecule has 1 aromatic rings. The fourth-order valence-corrected chi connectivity index (χ4v) is 4.10. The van der Waals surface area contributed by atoms with E-state index in [1.807, 2.05) is 6.07 Å². The van der Waals surface area contributed by atoms with Gasteiger partial charge in [-0.15, -0.1) is 0 Å². The van der Waals surface area contributed by atoms with Crippen molar-refractivity contribution in [2.75, 3.05) is 12.3 Å². The van der Waals surface area contributed by atoms with E-state index < -0.39 is 10.8 Å². The van der Waals surface area contributed by atoms with Gasteiger partial charge in [-0.25, -0.2) is 0 Å². The van der Waals surface area contributed by atoms with Crippen LogP contribution in [0.25, 0.3) is 0 Å². The first-order valence-electron chi connectivity index (χ1n) is 6.24. The molecule has 0 radical (unpaired) electrons. The van der Waals surface area contributed by atoms with Gasteiger partial charge in [0, 0.05) is 22.3 Å². The van der Waals surface area contributed by atoms with Crippen LogP contribution in [0.1, 0.15) is 30.4 Å². The van der Waals surface area contributed by atoms with E-state index in [4.69, 9.17) is 5.73 Å². The minimum absolute atomic E-state index is 0.323. The fraction of sp³-hybridized carbons (Fsp3) is 0.571. The minimum Gasteiger partial charge on any atom is -0.330 e. The van der Waals surface area contributed by atoms with Gasteiger partial charge < -0.3 is 5.73 Å². The van der Waals surface area contributed by atoms with E-state index in [-0.39, 0.29) is 0 Å². The third-order valence-electron chi connectivity index (χ3n) is 3.51. The summed E-state index contributed by atoms with van der Waals surface area (Å²) >= 11 is 0. The highest BCUT2D eigenvalue weighted by molar-refractivity contribution is 7.84. The second kappa shape index (κ2) is 5.32. The van der Waals surface area contributed by atoms with E-state index in [0.717, 1.165) is 18.7 Å². The Hall–Kier alpha value is -0.670. The Labute approximate surface area is 106 Å². The van der Waals surface area contributed by atoms with Crippen molar-refractivity contribution in [1.82, 2.24) is 0 Å². The highest BCUT2D eigenvalue weighted by Gasteiger charge is 2.42. The highest BCUT2D eigenvalue weighted by atomic mass is 32.2. The van der Waals surface area contributed by atoms with Gasteiger partial charge in [-0.3, -0.25) is 4.21 Å². The number of hydrogen-bond donors (Lipinski definition) is 1. The van der Waals surface area contributed by atoms with Crippen molar-refractivity contribution in [3.8, 4) is 0 Å². The molecule has 0 amide bonds. The Morgan fingerprint density at radius 2 is 2.18 bits per heavy atom. The molecule has 2 N–H and O–H groups in total. The molecule has 1 atom stereocenters. The lowest BCUT2D eigenvalue weighted by Crippen LogP contribution is -2.17. The molecule has 0 bridgehead atoms. The van der Waals surface area contributed by atoms with Crippen molar-refractivity contribution in [3.05, 3.63) is 35.4 Å². The largest absolute Gasteiger partial charge is 0.330 e. The standard InChI is InChI=1S/C14H21NOS/c1-12-3-2-4-13(9-12)10-17(16)11-14(5-6-14)7-8-15/h2-4,9H,5-8,10-11,15H2,1H3. The summed E-state index contributed by atoms with van der Waals surface area (Å²) in [5, 5.41) is 0. The van der Waals surface area contributed by atoms with E-state index in [1.165, 1.54) is 24.0 Å². The van der Waals surface area contributed by atoms with Crippen molar-refractivity contribution in [3.63, 3.8) is 0 Å². The molecule has 0 spiro atoms. The van der Waals surface area contributed by atoms with Gasteiger partial charge in [-0.2, -0.15) is 0 Å². The van der Waals surface area contributed by atoms with E-state index in [1.54, 1.807) is 0 Å². The summed E-state index contributed by atoms with van der Waals surface area (Å²) in [6.07, 6.45) is 3.46. The van der Waals surface area contributed by atoms with Gasteiger partial charge in [0.05, 0.1) is 0 Å². The Kier molecular flexibility index (Phi) is 4.00. The van der Waals surface area contributed by atoms with Crippen molar-refractivity contribution in [1.29, 1.82) is 0 Å². The first kappa shape index (κ1) is 12.8. The molecule has 1 aromatic carbocycles. The van der Waals surface area contributed by atoms with Crippen LogP contribution in [0.3, 0.4) is 0 Å². The summed E-state index contributed by atoms with van der Waals surface area (Å²) < 4.78 is 12.1. The smallest absolute Gasteiger partial charge is 0.0485 e. The van der Waals surface area contributed by atoms with E-state index >= 15 is 0 Å². The lowest BCUT2D eigenvalue weighted by molar-refractivity contribution is 0.529. The van der Waals surface area contributed by atoms with Crippen molar-refractivity contribution < 1.29 is 4.21 Å². The summed E-state index contributed by atoms with van der Waals surface area (Å²) in [5.41, 5.74) is 8.35. The average molecular weight is 251 g/mol. The summed E-state index contributed by atoms with van der Waals surface area (Å²) in [6.45, 7) is 2.80. The zero-order valence-electron chi connectivity index (χ0n) is 10.4. The van der Waals surface area contributed by atoms with Crippen LogP contribution >= 0.6 is 0 Å². The predicted molar refractivity (Wildman–Crippen MR) is 73.2 cm³/mol. The first-order valence-corrected chi connectivity index (χ1v) is 7.73. The Morgan fingerprint density at radius 1 is 1.41 bits per heavy atom. The molecule has 17 heavy (non-hydrogen) atoms. The first-order chi connectivity index (χ1) is 8.13. The van der Waals surface area contributed by atoms with Gasteiger partial charge >= 0.3 is 0 Å².